The summed E-state index contributed by atoms with van der Waals surface area (Å²) in [5.41, 5.74) is 4.41. The summed E-state index contributed by atoms with van der Waals surface area (Å²) in [6.45, 7) is 1.87. The lowest BCUT2D eigenvalue weighted by Crippen LogP contribution is -2.15. The van der Waals surface area contributed by atoms with E-state index in [1.54, 1.807) is 28.9 Å². The molecule has 0 saturated carbocycles. The summed E-state index contributed by atoms with van der Waals surface area (Å²) in [6.07, 6.45) is 0. The second-order valence-corrected chi connectivity index (χ2v) is 6.53. The SMILES string of the molecule is Cc1c(C(=O)Nc2ccccc2C#N)c(-c2ccccc2)nn1-c1ccccc1. The maximum atomic E-state index is 13.3. The van der Waals surface area contributed by atoms with Crippen molar-refractivity contribution >= 4 is 11.6 Å². The number of amides is 1. The zero-order chi connectivity index (χ0) is 20.2. The van der Waals surface area contributed by atoms with Gasteiger partial charge < -0.3 is 5.32 Å². The zero-order valence-electron chi connectivity index (χ0n) is 15.8. The van der Waals surface area contributed by atoms with Crippen LogP contribution in [0.2, 0.25) is 0 Å². The first-order valence-electron chi connectivity index (χ1n) is 9.20. The lowest BCUT2D eigenvalue weighted by Gasteiger charge is -2.08. The number of carbonyl (C=O) groups excluding carboxylic acids is 1. The summed E-state index contributed by atoms with van der Waals surface area (Å²) in [7, 11) is 0. The van der Waals surface area contributed by atoms with Crippen molar-refractivity contribution in [1.82, 2.24) is 9.78 Å². The third-order valence-electron chi connectivity index (χ3n) is 4.69. The van der Waals surface area contributed by atoms with Crippen molar-refractivity contribution < 1.29 is 4.79 Å². The summed E-state index contributed by atoms with van der Waals surface area (Å²) in [6, 6.07) is 28.4. The lowest BCUT2D eigenvalue weighted by molar-refractivity contribution is 0.102. The molecule has 0 aliphatic carbocycles. The topological polar surface area (TPSA) is 70.7 Å². The van der Waals surface area contributed by atoms with Crippen molar-refractivity contribution in [2.24, 2.45) is 0 Å². The van der Waals surface area contributed by atoms with Crippen LogP contribution in [0.4, 0.5) is 5.69 Å². The number of hydrogen-bond donors (Lipinski definition) is 1. The van der Waals surface area contributed by atoms with Gasteiger partial charge in [-0.15, -0.1) is 0 Å². The molecule has 3 aromatic carbocycles. The number of anilines is 1. The lowest BCUT2D eigenvalue weighted by atomic mass is 10.0. The third kappa shape index (κ3) is 3.52. The molecular weight excluding hydrogens is 360 g/mol. The van der Waals surface area contributed by atoms with Gasteiger partial charge in [-0.25, -0.2) is 4.68 Å². The first kappa shape index (κ1) is 18.2. The standard InChI is InChI=1S/C24H18N4O/c1-17-22(24(29)26-21-15-9-8-12-19(21)16-25)23(18-10-4-2-5-11-18)27-28(17)20-13-6-3-7-14-20/h2-15H,1H3,(H,26,29). The Bertz CT molecular complexity index is 1200. The van der Waals surface area contributed by atoms with Crippen LogP contribution in [0, 0.1) is 18.3 Å². The number of para-hydroxylation sites is 2. The molecule has 0 aliphatic rings. The van der Waals surface area contributed by atoms with Gasteiger partial charge in [0, 0.05) is 5.56 Å². The molecule has 1 N–H and O–H groups in total. The average molecular weight is 378 g/mol. The van der Waals surface area contributed by atoms with Crippen LogP contribution in [-0.2, 0) is 0 Å². The molecular formula is C24H18N4O. The molecule has 0 spiro atoms. The van der Waals surface area contributed by atoms with Crippen LogP contribution < -0.4 is 5.32 Å². The first-order valence-corrected chi connectivity index (χ1v) is 9.20. The van der Waals surface area contributed by atoms with Crippen molar-refractivity contribution in [3.63, 3.8) is 0 Å². The fourth-order valence-corrected chi connectivity index (χ4v) is 3.27. The molecule has 0 saturated heterocycles. The molecule has 1 amide bonds. The highest BCUT2D eigenvalue weighted by atomic mass is 16.1. The Morgan fingerprint density at radius 1 is 0.931 bits per heavy atom. The summed E-state index contributed by atoms with van der Waals surface area (Å²) in [4.78, 5) is 13.3. The minimum Gasteiger partial charge on any atom is -0.321 e. The van der Waals surface area contributed by atoms with Gasteiger partial charge in [0.15, 0.2) is 0 Å². The predicted octanol–water partition coefficient (Wildman–Crippen LogP) is 4.97. The molecule has 0 fully saturated rings. The third-order valence-corrected chi connectivity index (χ3v) is 4.69. The molecule has 0 radical (unpaired) electrons. The normalized spacial score (nSPS) is 10.3. The van der Waals surface area contributed by atoms with Crippen LogP contribution in [0.1, 0.15) is 21.6 Å². The number of nitrogens with one attached hydrogen (secondary N) is 1. The Morgan fingerprint density at radius 2 is 1.55 bits per heavy atom. The number of hydrogen-bond acceptors (Lipinski definition) is 3. The largest absolute Gasteiger partial charge is 0.321 e. The van der Waals surface area contributed by atoms with Crippen LogP contribution in [0.5, 0.6) is 0 Å². The molecule has 0 unspecified atom stereocenters. The molecule has 5 heteroatoms. The van der Waals surface area contributed by atoms with Crippen molar-refractivity contribution in [2.45, 2.75) is 6.92 Å². The number of aromatic nitrogens is 2. The summed E-state index contributed by atoms with van der Waals surface area (Å²) < 4.78 is 1.77. The van der Waals surface area contributed by atoms with E-state index in [9.17, 15) is 10.1 Å². The highest BCUT2D eigenvalue weighted by Crippen LogP contribution is 2.28. The second kappa shape index (κ2) is 7.83. The average Bonchev–Trinajstić information content (AvgIpc) is 3.12. The fourth-order valence-electron chi connectivity index (χ4n) is 3.27. The zero-order valence-corrected chi connectivity index (χ0v) is 15.8. The van der Waals surface area contributed by atoms with Crippen molar-refractivity contribution in [1.29, 1.82) is 5.26 Å². The van der Waals surface area contributed by atoms with Crippen LogP contribution in [-0.4, -0.2) is 15.7 Å². The molecule has 0 atom stereocenters. The van der Waals surface area contributed by atoms with Gasteiger partial charge in [0.05, 0.1) is 28.2 Å². The van der Waals surface area contributed by atoms with Crippen molar-refractivity contribution in [3.8, 4) is 23.0 Å². The van der Waals surface area contributed by atoms with Gasteiger partial charge in [-0.3, -0.25) is 4.79 Å². The fraction of sp³-hybridized carbons (Fsp3) is 0.0417. The van der Waals surface area contributed by atoms with Gasteiger partial charge in [0.2, 0.25) is 0 Å². The quantitative estimate of drug-likeness (QED) is 0.545. The van der Waals surface area contributed by atoms with Gasteiger partial charge in [-0.1, -0.05) is 60.7 Å². The smallest absolute Gasteiger partial charge is 0.259 e. The summed E-state index contributed by atoms with van der Waals surface area (Å²) in [5, 5.41) is 16.9. The molecule has 4 rings (SSSR count). The number of nitrogens with zero attached hydrogens (tertiary/aromatic N) is 3. The van der Waals surface area contributed by atoms with E-state index in [0.29, 0.717) is 22.5 Å². The maximum absolute atomic E-state index is 13.3. The maximum Gasteiger partial charge on any atom is 0.259 e. The van der Waals surface area contributed by atoms with Gasteiger partial charge in [0.25, 0.3) is 5.91 Å². The summed E-state index contributed by atoms with van der Waals surface area (Å²) >= 11 is 0. The Hall–Kier alpha value is -4.17. The highest BCUT2D eigenvalue weighted by Gasteiger charge is 2.23. The minimum absolute atomic E-state index is 0.300. The Labute approximate surface area is 168 Å². The van der Waals surface area contributed by atoms with Gasteiger partial charge in [0.1, 0.15) is 11.8 Å². The number of benzene rings is 3. The number of nitriles is 1. The predicted molar refractivity (Wildman–Crippen MR) is 113 cm³/mol. The molecule has 4 aromatic rings. The molecule has 1 aromatic heterocycles. The van der Waals surface area contributed by atoms with Crippen LogP contribution in [0.15, 0.2) is 84.9 Å². The van der Waals surface area contributed by atoms with Gasteiger partial charge in [-0.2, -0.15) is 10.4 Å². The van der Waals surface area contributed by atoms with Gasteiger partial charge in [-0.05, 0) is 31.2 Å². The molecule has 1 heterocycles. The second-order valence-electron chi connectivity index (χ2n) is 6.53. The van der Waals surface area contributed by atoms with E-state index in [-0.39, 0.29) is 5.91 Å². The van der Waals surface area contributed by atoms with E-state index in [1.165, 1.54) is 0 Å². The van der Waals surface area contributed by atoms with Crippen LogP contribution in [0.3, 0.4) is 0 Å². The van der Waals surface area contributed by atoms with E-state index < -0.39 is 0 Å². The van der Waals surface area contributed by atoms with Crippen molar-refractivity contribution in [3.05, 3.63) is 102 Å². The Kier molecular flexibility index (Phi) is 4.91. The summed E-state index contributed by atoms with van der Waals surface area (Å²) in [5.74, 6) is -0.300. The highest BCUT2D eigenvalue weighted by molar-refractivity contribution is 6.09. The molecule has 140 valence electrons. The van der Waals surface area contributed by atoms with E-state index in [0.717, 1.165) is 16.9 Å². The van der Waals surface area contributed by atoms with E-state index >= 15 is 0 Å². The minimum atomic E-state index is -0.300. The number of rotatable bonds is 4. The first-order chi connectivity index (χ1) is 14.2. The van der Waals surface area contributed by atoms with E-state index in [2.05, 4.69) is 11.4 Å². The Morgan fingerprint density at radius 3 is 2.24 bits per heavy atom. The number of carbonyl (C=O) groups is 1. The van der Waals surface area contributed by atoms with Crippen LogP contribution in [0.25, 0.3) is 16.9 Å². The van der Waals surface area contributed by atoms with Gasteiger partial charge >= 0.3 is 0 Å². The molecule has 0 bridgehead atoms. The van der Waals surface area contributed by atoms with Crippen molar-refractivity contribution in [2.75, 3.05) is 5.32 Å². The van der Waals surface area contributed by atoms with E-state index in [1.807, 2.05) is 67.6 Å². The molecule has 5 nitrogen and oxygen atoms in total. The van der Waals surface area contributed by atoms with E-state index in [4.69, 9.17) is 5.10 Å². The monoisotopic (exact) mass is 378 g/mol. The van der Waals surface area contributed by atoms with Crippen LogP contribution >= 0.6 is 0 Å². The molecule has 29 heavy (non-hydrogen) atoms. The Balaban J connectivity index is 1.84. The molecule has 0 aliphatic heterocycles.